The number of aliphatic hydroxyl groups is 2. The summed E-state index contributed by atoms with van der Waals surface area (Å²) in [5.74, 6) is -1.28. The van der Waals surface area contributed by atoms with Gasteiger partial charge in [-0.15, -0.1) is 0 Å². The lowest BCUT2D eigenvalue weighted by Crippen LogP contribution is -2.51. The highest BCUT2D eigenvalue weighted by atomic mass is 16.4. The van der Waals surface area contributed by atoms with Crippen LogP contribution in [-0.2, 0) is 35.5 Å². The summed E-state index contributed by atoms with van der Waals surface area (Å²) < 4.78 is 5.36. The molecule has 166 valence electrons. The number of oxazole rings is 1. The monoisotopic (exact) mass is 435 g/mol. The van der Waals surface area contributed by atoms with E-state index in [2.05, 4.69) is 10.3 Å². The van der Waals surface area contributed by atoms with Gasteiger partial charge in [-0.2, -0.15) is 0 Å². The normalized spacial score (nSPS) is 15.0. The largest absolute Gasteiger partial charge is 0.447 e. The highest BCUT2D eigenvalue weighted by Gasteiger charge is 2.34. The Morgan fingerprint density at radius 2 is 1.75 bits per heavy atom. The number of aliphatic hydroxyl groups excluding tert-OH is 2. The molecule has 3 aromatic rings. The Bertz CT molecular complexity index is 1080. The lowest BCUT2D eigenvalue weighted by atomic mass is 9.99. The molecular weight excluding hydrogens is 410 g/mol. The zero-order valence-electron chi connectivity index (χ0n) is 17.5. The lowest BCUT2D eigenvalue weighted by Gasteiger charge is -2.31. The maximum absolute atomic E-state index is 12.6. The third-order valence-electron chi connectivity index (χ3n) is 5.50. The van der Waals surface area contributed by atoms with Crippen LogP contribution in [0.1, 0.15) is 28.3 Å². The number of aromatic nitrogens is 1. The summed E-state index contributed by atoms with van der Waals surface area (Å²) in [4.78, 5) is 30.7. The van der Waals surface area contributed by atoms with Crippen LogP contribution in [0, 0.1) is 0 Å². The Labute approximate surface area is 185 Å². The Kier molecular flexibility index (Phi) is 6.63. The Hall–Kier alpha value is -3.49. The number of rotatable bonds is 7. The summed E-state index contributed by atoms with van der Waals surface area (Å²) in [6.45, 7) is 0.686. The standard InChI is InChI=1S/C24H25N3O5/c28-21(22(29)24(31)27-11-10-17-8-4-5-9-18(17)14-27)23(30)25-13-20-26-19(15-32-20)12-16-6-2-1-3-7-16/h1-9,15,21-22,28-29H,10-14H2,(H,25,30)/t21-,22-/m1/s1. The van der Waals surface area contributed by atoms with Gasteiger partial charge in [-0.1, -0.05) is 54.6 Å². The SMILES string of the molecule is O=C(NCc1nc(Cc2ccccc2)co1)[C@H](O)[C@@H](O)C(=O)N1CCc2ccccc2C1. The third kappa shape index (κ3) is 5.04. The van der Waals surface area contributed by atoms with Crippen molar-refractivity contribution in [2.24, 2.45) is 0 Å². The van der Waals surface area contributed by atoms with E-state index < -0.39 is 24.0 Å². The molecular formula is C24H25N3O5. The van der Waals surface area contributed by atoms with Gasteiger partial charge >= 0.3 is 0 Å². The molecule has 0 aliphatic carbocycles. The van der Waals surface area contributed by atoms with Gasteiger partial charge in [0.05, 0.1) is 12.2 Å². The Balaban J connectivity index is 1.28. The van der Waals surface area contributed by atoms with Gasteiger partial charge in [0, 0.05) is 19.5 Å². The summed E-state index contributed by atoms with van der Waals surface area (Å²) in [6.07, 6.45) is -0.978. The maximum atomic E-state index is 12.6. The van der Waals surface area contributed by atoms with Gasteiger partial charge in [0.25, 0.3) is 11.8 Å². The highest BCUT2D eigenvalue weighted by Crippen LogP contribution is 2.19. The predicted molar refractivity (Wildman–Crippen MR) is 115 cm³/mol. The average Bonchev–Trinajstić information content (AvgIpc) is 3.28. The Morgan fingerprint density at radius 1 is 1.03 bits per heavy atom. The van der Waals surface area contributed by atoms with Crippen molar-refractivity contribution < 1.29 is 24.2 Å². The zero-order chi connectivity index (χ0) is 22.5. The molecule has 1 aromatic heterocycles. The molecule has 2 aromatic carbocycles. The van der Waals surface area contributed by atoms with Gasteiger partial charge in [0.15, 0.2) is 12.2 Å². The minimum absolute atomic E-state index is 0.0668. The van der Waals surface area contributed by atoms with Crippen LogP contribution >= 0.6 is 0 Å². The molecule has 0 radical (unpaired) electrons. The first-order valence-corrected chi connectivity index (χ1v) is 10.5. The number of nitrogens with one attached hydrogen (secondary N) is 1. The van der Waals surface area contributed by atoms with Crippen LogP contribution in [-0.4, -0.2) is 50.7 Å². The van der Waals surface area contributed by atoms with Crippen LogP contribution in [0.25, 0.3) is 0 Å². The number of carbonyl (C=O) groups is 2. The average molecular weight is 435 g/mol. The van der Waals surface area contributed by atoms with Crippen LogP contribution in [0.5, 0.6) is 0 Å². The van der Waals surface area contributed by atoms with Crippen LogP contribution in [0.3, 0.4) is 0 Å². The van der Waals surface area contributed by atoms with Gasteiger partial charge in [0.1, 0.15) is 6.26 Å². The van der Waals surface area contributed by atoms with Gasteiger partial charge in [-0.3, -0.25) is 9.59 Å². The fourth-order valence-corrected chi connectivity index (χ4v) is 3.73. The number of carbonyl (C=O) groups excluding carboxylic acids is 2. The molecule has 2 atom stereocenters. The van der Waals surface area contributed by atoms with Gasteiger partial charge in [-0.25, -0.2) is 4.98 Å². The van der Waals surface area contributed by atoms with Crippen LogP contribution in [0.15, 0.2) is 65.3 Å². The molecule has 3 N–H and O–H groups in total. The number of fused-ring (bicyclic) bond motifs is 1. The second-order valence-corrected chi connectivity index (χ2v) is 7.78. The number of hydrogen-bond donors (Lipinski definition) is 3. The molecule has 0 saturated heterocycles. The number of benzene rings is 2. The molecule has 2 heterocycles. The molecule has 1 aliphatic rings. The lowest BCUT2D eigenvalue weighted by molar-refractivity contribution is -0.153. The van der Waals surface area contributed by atoms with Crippen molar-refractivity contribution >= 4 is 11.8 Å². The molecule has 0 fully saturated rings. The minimum atomic E-state index is -1.89. The minimum Gasteiger partial charge on any atom is -0.447 e. The summed E-state index contributed by atoms with van der Waals surface area (Å²) in [7, 11) is 0. The molecule has 1 aliphatic heterocycles. The molecule has 4 rings (SSSR count). The van der Waals surface area contributed by atoms with E-state index in [1.54, 1.807) is 0 Å². The van der Waals surface area contributed by atoms with E-state index in [-0.39, 0.29) is 12.4 Å². The summed E-state index contributed by atoms with van der Waals surface area (Å²) in [5, 5.41) is 22.9. The quantitative estimate of drug-likeness (QED) is 0.513. The van der Waals surface area contributed by atoms with Crippen molar-refractivity contribution in [3.63, 3.8) is 0 Å². The fourth-order valence-electron chi connectivity index (χ4n) is 3.73. The summed E-state index contributed by atoms with van der Waals surface area (Å²) in [6, 6.07) is 17.5. The van der Waals surface area contributed by atoms with Crippen LogP contribution in [0.2, 0.25) is 0 Å². The third-order valence-corrected chi connectivity index (χ3v) is 5.50. The van der Waals surface area contributed by atoms with Crippen molar-refractivity contribution in [1.82, 2.24) is 15.2 Å². The molecule has 2 amide bonds. The van der Waals surface area contributed by atoms with E-state index >= 15 is 0 Å². The molecule has 0 bridgehead atoms. The highest BCUT2D eigenvalue weighted by molar-refractivity contribution is 5.90. The number of nitrogens with zero attached hydrogens (tertiary/aromatic N) is 2. The fraction of sp³-hybridized carbons (Fsp3) is 0.292. The first-order chi connectivity index (χ1) is 15.5. The van der Waals surface area contributed by atoms with Crippen molar-refractivity contribution in [3.8, 4) is 0 Å². The maximum Gasteiger partial charge on any atom is 0.255 e. The van der Waals surface area contributed by atoms with E-state index in [9.17, 15) is 19.8 Å². The molecule has 0 spiro atoms. The summed E-state index contributed by atoms with van der Waals surface area (Å²) >= 11 is 0. The van der Waals surface area contributed by atoms with Gasteiger partial charge < -0.3 is 24.8 Å². The topological polar surface area (TPSA) is 116 Å². The smallest absolute Gasteiger partial charge is 0.255 e. The van der Waals surface area contributed by atoms with Crippen LogP contribution < -0.4 is 5.32 Å². The Morgan fingerprint density at radius 3 is 2.53 bits per heavy atom. The number of amides is 2. The molecule has 8 nitrogen and oxygen atoms in total. The van der Waals surface area contributed by atoms with Gasteiger partial charge in [-0.05, 0) is 23.1 Å². The van der Waals surface area contributed by atoms with Crippen molar-refractivity contribution in [1.29, 1.82) is 0 Å². The van der Waals surface area contributed by atoms with E-state index in [1.165, 1.54) is 11.2 Å². The molecule has 8 heteroatoms. The molecule has 0 unspecified atom stereocenters. The van der Waals surface area contributed by atoms with E-state index in [4.69, 9.17) is 4.42 Å². The van der Waals surface area contributed by atoms with Crippen molar-refractivity contribution in [3.05, 3.63) is 89.1 Å². The number of hydrogen-bond acceptors (Lipinski definition) is 6. The van der Waals surface area contributed by atoms with Crippen molar-refractivity contribution in [2.75, 3.05) is 6.54 Å². The van der Waals surface area contributed by atoms with E-state index in [0.29, 0.717) is 31.6 Å². The predicted octanol–water partition coefficient (Wildman–Crippen LogP) is 1.19. The van der Waals surface area contributed by atoms with E-state index in [0.717, 1.165) is 16.7 Å². The first kappa shape index (κ1) is 21.7. The second-order valence-electron chi connectivity index (χ2n) is 7.78. The van der Waals surface area contributed by atoms with E-state index in [1.807, 2.05) is 54.6 Å². The zero-order valence-corrected chi connectivity index (χ0v) is 17.5. The first-order valence-electron chi connectivity index (χ1n) is 10.5. The molecule has 0 saturated carbocycles. The van der Waals surface area contributed by atoms with Gasteiger partial charge in [0.2, 0.25) is 5.89 Å². The van der Waals surface area contributed by atoms with Crippen molar-refractivity contribution in [2.45, 2.75) is 38.1 Å². The second kappa shape index (κ2) is 9.76. The molecule has 32 heavy (non-hydrogen) atoms. The van der Waals surface area contributed by atoms with Crippen LogP contribution in [0.4, 0.5) is 0 Å². The summed E-state index contributed by atoms with van der Waals surface area (Å²) in [5.41, 5.74) is 3.94.